The molecule has 2 saturated heterocycles. The molecule has 0 unspecified atom stereocenters. The van der Waals surface area contributed by atoms with E-state index in [4.69, 9.17) is 4.74 Å². The molecular formula is C19H21N3O4. The summed E-state index contributed by atoms with van der Waals surface area (Å²) in [4.78, 5) is 40.6. The molecule has 0 N–H and O–H groups in total. The maximum Gasteiger partial charge on any atom is 0.263 e. The lowest BCUT2D eigenvalue weighted by Gasteiger charge is -2.38. The number of carbonyl (C=O) groups excluding carboxylic acids is 2. The fourth-order valence-electron chi connectivity index (χ4n) is 3.90. The Morgan fingerprint density at radius 2 is 1.92 bits per heavy atom. The average Bonchev–Trinajstić information content (AvgIpc) is 3.05. The van der Waals surface area contributed by atoms with Crippen LogP contribution in [0.2, 0.25) is 0 Å². The second-order valence-corrected chi connectivity index (χ2v) is 7.18. The number of para-hydroxylation sites is 1. The van der Waals surface area contributed by atoms with Gasteiger partial charge in [0.2, 0.25) is 5.91 Å². The molecular weight excluding hydrogens is 334 g/mol. The van der Waals surface area contributed by atoms with Crippen LogP contribution in [-0.2, 0) is 16.6 Å². The summed E-state index contributed by atoms with van der Waals surface area (Å²) in [5.41, 5.74) is 0.137. The molecule has 0 radical (unpaired) electrons. The second kappa shape index (κ2) is 5.95. The largest absolute Gasteiger partial charge is 0.361 e. The number of fused-ring (bicyclic) bond motifs is 1. The van der Waals surface area contributed by atoms with E-state index < -0.39 is 5.60 Å². The first-order valence-corrected chi connectivity index (χ1v) is 8.66. The normalized spacial score (nSPS) is 23.2. The third kappa shape index (κ3) is 2.59. The van der Waals surface area contributed by atoms with Crippen molar-refractivity contribution in [2.45, 2.75) is 12.0 Å². The number of rotatable bonds is 1. The summed E-state index contributed by atoms with van der Waals surface area (Å²) in [6.07, 6.45) is 0.657. The van der Waals surface area contributed by atoms with E-state index in [2.05, 4.69) is 0 Å². The zero-order valence-corrected chi connectivity index (χ0v) is 14.9. The van der Waals surface area contributed by atoms with Gasteiger partial charge in [-0.25, -0.2) is 0 Å². The van der Waals surface area contributed by atoms with Gasteiger partial charge < -0.3 is 19.1 Å². The third-order valence-corrected chi connectivity index (χ3v) is 5.42. The van der Waals surface area contributed by atoms with Crippen molar-refractivity contribution in [1.29, 1.82) is 0 Å². The van der Waals surface area contributed by atoms with Gasteiger partial charge in [0.05, 0.1) is 18.6 Å². The summed E-state index contributed by atoms with van der Waals surface area (Å²) < 4.78 is 7.29. The Bertz CT molecular complexity index is 967. The van der Waals surface area contributed by atoms with E-state index in [9.17, 15) is 14.4 Å². The van der Waals surface area contributed by atoms with E-state index in [0.717, 1.165) is 10.9 Å². The molecule has 136 valence electrons. The summed E-state index contributed by atoms with van der Waals surface area (Å²) in [7, 11) is 3.42. The Kier molecular flexibility index (Phi) is 3.84. The topological polar surface area (TPSA) is 71.8 Å². The van der Waals surface area contributed by atoms with Gasteiger partial charge in [0.1, 0.15) is 17.8 Å². The highest BCUT2D eigenvalue weighted by Gasteiger charge is 2.45. The van der Waals surface area contributed by atoms with Gasteiger partial charge in [-0.3, -0.25) is 14.4 Å². The minimum Gasteiger partial charge on any atom is -0.361 e. The van der Waals surface area contributed by atoms with Crippen molar-refractivity contribution in [3.05, 3.63) is 46.2 Å². The van der Waals surface area contributed by atoms with Crippen LogP contribution in [0, 0.1) is 0 Å². The van der Waals surface area contributed by atoms with E-state index in [1.54, 1.807) is 30.0 Å². The van der Waals surface area contributed by atoms with E-state index in [1.807, 2.05) is 24.3 Å². The average molecular weight is 355 g/mol. The van der Waals surface area contributed by atoms with Crippen molar-refractivity contribution < 1.29 is 14.3 Å². The maximum atomic E-state index is 13.0. The number of pyridine rings is 1. The number of hydrogen-bond donors (Lipinski definition) is 0. The van der Waals surface area contributed by atoms with Gasteiger partial charge in [-0.15, -0.1) is 0 Å². The van der Waals surface area contributed by atoms with Gasteiger partial charge in [-0.2, -0.15) is 0 Å². The van der Waals surface area contributed by atoms with Crippen LogP contribution in [0.1, 0.15) is 16.8 Å². The first-order chi connectivity index (χ1) is 12.4. The maximum absolute atomic E-state index is 13.0. The molecule has 2 amide bonds. The van der Waals surface area contributed by atoms with Crippen molar-refractivity contribution in [3.8, 4) is 0 Å². The molecule has 2 fully saturated rings. The number of aromatic nitrogens is 1. The molecule has 0 saturated carbocycles. The van der Waals surface area contributed by atoms with E-state index in [-0.39, 0.29) is 29.5 Å². The first kappa shape index (κ1) is 16.8. The van der Waals surface area contributed by atoms with E-state index >= 15 is 0 Å². The molecule has 0 bridgehead atoms. The third-order valence-electron chi connectivity index (χ3n) is 5.42. The summed E-state index contributed by atoms with van der Waals surface area (Å²) in [6.45, 7) is 1.40. The number of likely N-dealkylation sites (tertiary alicyclic amines) is 1. The van der Waals surface area contributed by atoms with Gasteiger partial charge in [-0.1, -0.05) is 18.2 Å². The lowest BCUT2D eigenvalue weighted by atomic mass is 10.0. The van der Waals surface area contributed by atoms with Gasteiger partial charge in [0.15, 0.2) is 0 Å². The fourth-order valence-corrected chi connectivity index (χ4v) is 3.90. The number of carbonyl (C=O) groups is 2. The lowest BCUT2D eigenvalue weighted by molar-refractivity contribution is -0.158. The van der Waals surface area contributed by atoms with Crippen LogP contribution in [0.5, 0.6) is 0 Å². The number of likely N-dealkylation sites (N-methyl/N-ethyl adjacent to an activating group) is 1. The molecule has 2 aliphatic rings. The lowest BCUT2D eigenvalue weighted by Crippen LogP contribution is -2.54. The Morgan fingerprint density at radius 1 is 1.15 bits per heavy atom. The molecule has 2 aromatic rings. The van der Waals surface area contributed by atoms with Crippen molar-refractivity contribution in [2.75, 3.05) is 33.3 Å². The standard InChI is InChI=1S/C19H21N3O4/c1-20-11-19(26-10-16(20)23)7-8-22(12-19)18(25)14-9-13-5-3-4-6-15(13)21(2)17(14)24/h3-6,9H,7-8,10-12H2,1-2H3/t19-/m0/s1. The number of amides is 2. The highest BCUT2D eigenvalue weighted by Crippen LogP contribution is 2.30. The SMILES string of the molecule is CN1C[C@]2(CCN(C(=O)c3cc4ccccc4n(C)c3=O)C2)OCC1=O. The number of aryl methyl sites for hydroxylation is 1. The Balaban J connectivity index is 1.63. The van der Waals surface area contributed by atoms with E-state index in [1.165, 1.54) is 4.57 Å². The van der Waals surface area contributed by atoms with E-state index in [0.29, 0.717) is 26.1 Å². The number of benzene rings is 1. The van der Waals surface area contributed by atoms with Gasteiger partial charge in [0.25, 0.3) is 11.5 Å². The Morgan fingerprint density at radius 3 is 2.69 bits per heavy atom. The highest BCUT2D eigenvalue weighted by atomic mass is 16.5. The zero-order valence-electron chi connectivity index (χ0n) is 14.9. The molecule has 1 aromatic heterocycles. The van der Waals surface area contributed by atoms with Crippen molar-refractivity contribution in [2.24, 2.45) is 7.05 Å². The van der Waals surface area contributed by atoms with Gasteiger partial charge >= 0.3 is 0 Å². The van der Waals surface area contributed by atoms with Crippen LogP contribution in [0.15, 0.2) is 35.1 Å². The molecule has 0 aliphatic carbocycles. The van der Waals surface area contributed by atoms with Crippen LogP contribution < -0.4 is 5.56 Å². The molecule has 1 spiro atoms. The van der Waals surface area contributed by atoms with Crippen molar-refractivity contribution in [3.63, 3.8) is 0 Å². The summed E-state index contributed by atoms with van der Waals surface area (Å²) in [5, 5.41) is 0.853. The monoisotopic (exact) mass is 355 g/mol. The number of hydrogen-bond acceptors (Lipinski definition) is 4. The number of nitrogens with zero attached hydrogens (tertiary/aromatic N) is 3. The molecule has 7 heteroatoms. The Hall–Kier alpha value is -2.67. The predicted octanol–water partition coefficient (Wildman–Crippen LogP) is 0.612. The van der Waals surface area contributed by atoms with Gasteiger partial charge in [0, 0.05) is 20.6 Å². The predicted molar refractivity (Wildman–Crippen MR) is 96.0 cm³/mol. The van der Waals surface area contributed by atoms with Crippen LogP contribution in [-0.4, -0.2) is 65.1 Å². The molecule has 3 heterocycles. The van der Waals surface area contributed by atoms with Gasteiger partial charge in [-0.05, 0) is 23.9 Å². The summed E-state index contributed by atoms with van der Waals surface area (Å²) in [6, 6.07) is 9.17. The summed E-state index contributed by atoms with van der Waals surface area (Å²) >= 11 is 0. The van der Waals surface area contributed by atoms with Crippen molar-refractivity contribution >= 4 is 22.7 Å². The van der Waals surface area contributed by atoms with Crippen molar-refractivity contribution in [1.82, 2.24) is 14.4 Å². The van der Waals surface area contributed by atoms with Crippen LogP contribution in [0.25, 0.3) is 10.9 Å². The van der Waals surface area contributed by atoms with Crippen LogP contribution in [0.4, 0.5) is 0 Å². The Labute approximate surface area is 150 Å². The zero-order chi connectivity index (χ0) is 18.5. The molecule has 1 atom stereocenters. The minimum absolute atomic E-state index is 0.0380. The highest BCUT2D eigenvalue weighted by molar-refractivity contribution is 5.97. The molecule has 7 nitrogen and oxygen atoms in total. The number of morpholine rings is 1. The second-order valence-electron chi connectivity index (χ2n) is 7.18. The number of ether oxygens (including phenoxy) is 1. The summed E-state index contributed by atoms with van der Waals surface area (Å²) in [5.74, 6) is -0.333. The smallest absolute Gasteiger partial charge is 0.263 e. The van der Waals surface area contributed by atoms with Crippen LogP contribution >= 0.6 is 0 Å². The molecule has 2 aliphatic heterocycles. The van der Waals surface area contributed by atoms with Crippen LogP contribution in [0.3, 0.4) is 0 Å². The molecule has 1 aromatic carbocycles. The molecule has 26 heavy (non-hydrogen) atoms. The minimum atomic E-state index is -0.527. The quantitative estimate of drug-likeness (QED) is 0.752. The fraction of sp³-hybridized carbons (Fsp3) is 0.421. The first-order valence-electron chi connectivity index (χ1n) is 8.66. The molecule has 4 rings (SSSR count).